The maximum atomic E-state index is 5.90. The van der Waals surface area contributed by atoms with E-state index < -0.39 is 0 Å². The third-order valence-electron chi connectivity index (χ3n) is 3.33. The Morgan fingerprint density at radius 2 is 1.88 bits per heavy atom. The van der Waals surface area contributed by atoms with Crippen LogP contribution in [0, 0.1) is 0 Å². The summed E-state index contributed by atoms with van der Waals surface area (Å²) in [4.78, 5) is 8.90. The van der Waals surface area contributed by atoms with E-state index in [4.69, 9.17) is 11.6 Å². The zero-order valence-electron chi connectivity index (χ0n) is 13.8. The van der Waals surface area contributed by atoms with Gasteiger partial charge in [-0.15, -0.1) is 24.0 Å². The molecule has 0 fully saturated rings. The van der Waals surface area contributed by atoms with E-state index in [1.165, 1.54) is 5.56 Å². The summed E-state index contributed by atoms with van der Waals surface area (Å²) in [5.74, 6) is 0.845. The highest BCUT2D eigenvalue weighted by molar-refractivity contribution is 14.0. The molecule has 2 N–H and O–H groups in total. The molecule has 0 spiro atoms. The fourth-order valence-corrected chi connectivity index (χ4v) is 2.27. The molecule has 0 amide bonds. The van der Waals surface area contributed by atoms with Gasteiger partial charge in [-0.3, -0.25) is 9.98 Å². The third kappa shape index (κ3) is 7.97. The largest absolute Gasteiger partial charge is 0.357 e. The molecule has 130 valence electrons. The van der Waals surface area contributed by atoms with Gasteiger partial charge in [0.15, 0.2) is 5.96 Å². The normalized spacial score (nSPS) is 10.8. The number of nitrogens with one attached hydrogen (secondary N) is 2. The van der Waals surface area contributed by atoms with Crippen LogP contribution in [0.1, 0.15) is 18.2 Å². The first-order chi connectivity index (χ1) is 11.3. The molecule has 2 rings (SSSR count). The number of rotatable bonds is 7. The maximum Gasteiger partial charge on any atom is 0.191 e. The van der Waals surface area contributed by atoms with Gasteiger partial charge in [-0.05, 0) is 43.2 Å². The number of aliphatic imine (C=N–C) groups is 1. The molecule has 0 saturated heterocycles. The van der Waals surface area contributed by atoms with Gasteiger partial charge in [0.05, 0.1) is 0 Å². The molecular weight excluding hydrogens is 435 g/mol. The van der Waals surface area contributed by atoms with Gasteiger partial charge < -0.3 is 10.6 Å². The highest BCUT2D eigenvalue weighted by Crippen LogP contribution is 2.09. The van der Waals surface area contributed by atoms with E-state index >= 15 is 0 Å². The van der Waals surface area contributed by atoms with Gasteiger partial charge in [0.1, 0.15) is 0 Å². The first-order valence-corrected chi connectivity index (χ1v) is 8.32. The van der Waals surface area contributed by atoms with Crippen molar-refractivity contribution in [2.45, 2.75) is 19.8 Å². The van der Waals surface area contributed by atoms with Crippen LogP contribution in [0.2, 0.25) is 5.02 Å². The summed E-state index contributed by atoms with van der Waals surface area (Å²) < 4.78 is 0. The summed E-state index contributed by atoms with van der Waals surface area (Å²) in [5, 5.41) is 7.39. The molecule has 1 heterocycles. The number of hydrogen-bond donors (Lipinski definition) is 2. The number of benzene rings is 1. The Kier molecular flexibility index (Phi) is 10.4. The second-order valence-corrected chi connectivity index (χ2v) is 5.57. The average Bonchev–Trinajstić information content (AvgIpc) is 2.58. The SMILES string of the molecule is CCNC(=NCCc1ccccn1)NCCc1ccc(Cl)cc1.I. The molecule has 0 atom stereocenters. The first-order valence-electron chi connectivity index (χ1n) is 7.94. The van der Waals surface area contributed by atoms with Crippen molar-refractivity contribution in [2.75, 3.05) is 19.6 Å². The topological polar surface area (TPSA) is 49.3 Å². The van der Waals surface area contributed by atoms with Crippen LogP contribution < -0.4 is 10.6 Å². The number of guanidine groups is 1. The quantitative estimate of drug-likeness (QED) is 0.378. The summed E-state index contributed by atoms with van der Waals surface area (Å²) in [5.41, 5.74) is 2.32. The van der Waals surface area contributed by atoms with Crippen molar-refractivity contribution in [2.24, 2.45) is 4.99 Å². The summed E-state index contributed by atoms with van der Waals surface area (Å²) in [7, 11) is 0. The molecule has 0 radical (unpaired) electrons. The minimum atomic E-state index is 0. The highest BCUT2D eigenvalue weighted by Gasteiger charge is 1.99. The van der Waals surface area contributed by atoms with E-state index in [1.54, 1.807) is 0 Å². The molecule has 2 aromatic rings. The minimum Gasteiger partial charge on any atom is -0.357 e. The van der Waals surface area contributed by atoms with Crippen molar-refractivity contribution >= 4 is 41.5 Å². The smallest absolute Gasteiger partial charge is 0.191 e. The lowest BCUT2D eigenvalue weighted by molar-refractivity contribution is 0.794. The van der Waals surface area contributed by atoms with Crippen LogP contribution in [0.4, 0.5) is 0 Å². The molecule has 0 aliphatic rings. The Labute approximate surface area is 166 Å². The Hall–Kier alpha value is -1.34. The number of pyridine rings is 1. The molecule has 0 unspecified atom stereocenters. The highest BCUT2D eigenvalue weighted by atomic mass is 127. The molecule has 0 bridgehead atoms. The Morgan fingerprint density at radius 3 is 2.54 bits per heavy atom. The number of aromatic nitrogens is 1. The zero-order chi connectivity index (χ0) is 16.3. The van der Waals surface area contributed by atoms with Crippen LogP contribution in [-0.2, 0) is 12.8 Å². The molecular formula is C18H24ClIN4. The van der Waals surface area contributed by atoms with Gasteiger partial charge in [-0.25, -0.2) is 0 Å². The summed E-state index contributed by atoms with van der Waals surface area (Å²) in [6, 6.07) is 13.9. The predicted octanol–water partition coefficient (Wildman–Crippen LogP) is 3.69. The molecule has 6 heteroatoms. The summed E-state index contributed by atoms with van der Waals surface area (Å²) in [6.45, 7) is 4.45. The van der Waals surface area contributed by atoms with E-state index in [-0.39, 0.29) is 24.0 Å². The van der Waals surface area contributed by atoms with Crippen molar-refractivity contribution in [3.8, 4) is 0 Å². The van der Waals surface area contributed by atoms with E-state index in [9.17, 15) is 0 Å². The first kappa shape index (κ1) is 20.7. The molecule has 4 nitrogen and oxygen atoms in total. The number of halogens is 2. The number of nitrogens with zero attached hydrogens (tertiary/aromatic N) is 2. The lowest BCUT2D eigenvalue weighted by Crippen LogP contribution is -2.38. The lowest BCUT2D eigenvalue weighted by atomic mass is 10.1. The fourth-order valence-electron chi connectivity index (χ4n) is 2.15. The second kappa shape index (κ2) is 12.1. The van der Waals surface area contributed by atoms with Gasteiger partial charge in [0.2, 0.25) is 0 Å². The number of hydrogen-bond acceptors (Lipinski definition) is 2. The standard InChI is InChI=1S/C18H23ClN4.HI/c1-2-20-18(23-14-11-17-5-3-4-12-21-17)22-13-10-15-6-8-16(19)9-7-15;/h3-9,12H,2,10-11,13-14H2,1H3,(H2,20,22,23);1H. The van der Waals surface area contributed by atoms with E-state index in [2.05, 4.69) is 39.7 Å². The second-order valence-electron chi connectivity index (χ2n) is 5.13. The zero-order valence-corrected chi connectivity index (χ0v) is 16.9. The average molecular weight is 459 g/mol. The van der Waals surface area contributed by atoms with Gasteiger partial charge in [0, 0.05) is 43.0 Å². The van der Waals surface area contributed by atoms with Gasteiger partial charge in [-0.1, -0.05) is 29.8 Å². The third-order valence-corrected chi connectivity index (χ3v) is 3.58. The van der Waals surface area contributed by atoms with Crippen LogP contribution in [-0.4, -0.2) is 30.6 Å². The van der Waals surface area contributed by atoms with Crippen molar-refractivity contribution in [3.63, 3.8) is 0 Å². The predicted molar refractivity (Wildman–Crippen MR) is 112 cm³/mol. The van der Waals surface area contributed by atoms with Gasteiger partial charge in [0.25, 0.3) is 0 Å². The van der Waals surface area contributed by atoms with Gasteiger partial charge >= 0.3 is 0 Å². The van der Waals surface area contributed by atoms with Gasteiger partial charge in [-0.2, -0.15) is 0 Å². The van der Waals surface area contributed by atoms with Crippen molar-refractivity contribution in [3.05, 3.63) is 64.9 Å². The Balaban J connectivity index is 0.00000288. The van der Waals surface area contributed by atoms with E-state index in [0.717, 1.165) is 42.6 Å². The van der Waals surface area contributed by atoms with Crippen LogP contribution >= 0.6 is 35.6 Å². The lowest BCUT2D eigenvalue weighted by Gasteiger charge is -2.11. The van der Waals surface area contributed by atoms with Crippen LogP contribution in [0.15, 0.2) is 53.7 Å². The minimum absolute atomic E-state index is 0. The van der Waals surface area contributed by atoms with E-state index in [1.807, 2.05) is 36.5 Å². The van der Waals surface area contributed by atoms with Crippen LogP contribution in [0.5, 0.6) is 0 Å². The molecule has 0 aliphatic heterocycles. The molecule has 1 aromatic heterocycles. The molecule has 0 saturated carbocycles. The Morgan fingerprint density at radius 1 is 1.08 bits per heavy atom. The van der Waals surface area contributed by atoms with E-state index in [0.29, 0.717) is 6.54 Å². The fraction of sp³-hybridized carbons (Fsp3) is 0.333. The van der Waals surface area contributed by atoms with Crippen molar-refractivity contribution in [1.29, 1.82) is 0 Å². The van der Waals surface area contributed by atoms with Crippen molar-refractivity contribution < 1.29 is 0 Å². The summed E-state index contributed by atoms with van der Waals surface area (Å²) >= 11 is 5.90. The van der Waals surface area contributed by atoms with Crippen molar-refractivity contribution in [1.82, 2.24) is 15.6 Å². The molecule has 0 aliphatic carbocycles. The summed E-state index contributed by atoms with van der Waals surface area (Å²) in [6.07, 6.45) is 3.59. The molecule has 1 aromatic carbocycles. The maximum absolute atomic E-state index is 5.90. The van der Waals surface area contributed by atoms with Crippen LogP contribution in [0.3, 0.4) is 0 Å². The molecule has 24 heavy (non-hydrogen) atoms. The monoisotopic (exact) mass is 458 g/mol. The van der Waals surface area contributed by atoms with Crippen LogP contribution in [0.25, 0.3) is 0 Å². The Bertz CT molecular complexity index is 602.